The monoisotopic (exact) mass is 480 g/mol. The number of nitrogens with one attached hydrogen (secondary N) is 2. The molecule has 0 saturated carbocycles. The lowest BCUT2D eigenvalue weighted by atomic mass is 10.1. The number of methoxy groups -OCH3 is 2. The maximum Gasteiger partial charge on any atom is 0.255 e. The number of morpholine rings is 1. The van der Waals surface area contributed by atoms with Gasteiger partial charge in [-0.25, -0.2) is 0 Å². The molecule has 1 aliphatic heterocycles. The van der Waals surface area contributed by atoms with E-state index in [0.29, 0.717) is 34.1 Å². The number of anilines is 1. The summed E-state index contributed by atoms with van der Waals surface area (Å²) in [6.07, 6.45) is 1.92. The molecule has 0 unspecified atom stereocenters. The first-order valence-electron chi connectivity index (χ1n) is 10.9. The van der Waals surface area contributed by atoms with E-state index in [-0.39, 0.29) is 5.91 Å². The fourth-order valence-electron chi connectivity index (χ4n) is 3.86. The standard InChI is InChI=1S/C25H28N4O4S/c1-17(15-28-10-12-33-13-11-28)29-16-21(27-25(29)34)19-6-4-5-7-20(19)26-24(30)18-8-9-22(31-2)23(14-18)32-3/h4-9,14,16H,1,10-13,15H2,2-3H3,(H,26,30)(H,27,34). The highest BCUT2D eigenvalue weighted by Crippen LogP contribution is 2.30. The first-order chi connectivity index (χ1) is 16.5. The van der Waals surface area contributed by atoms with Crippen molar-refractivity contribution >= 4 is 29.5 Å². The highest BCUT2D eigenvalue weighted by Gasteiger charge is 2.16. The maximum absolute atomic E-state index is 13.0. The minimum Gasteiger partial charge on any atom is -0.493 e. The number of hydrogen-bond donors (Lipinski definition) is 2. The highest BCUT2D eigenvalue weighted by atomic mass is 32.1. The van der Waals surface area contributed by atoms with Crippen molar-refractivity contribution in [1.29, 1.82) is 0 Å². The molecule has 34 heavy (non-hydrogen) atoms. The number of ether oxygens (including phenoxy) is 3. The number of rotatable bonds is 8. The number of nitrogens with zero attached hydrogens (tertiary/aromatic N) is 2. The van der Waals surface area contributed by atoms with Crippen molar-refractivity contribution in [2.75, 3.05) is 52.4 Å². The van der Waals surface area contributed by atoms with E-state index in [1.165, 1.54) is 7.11 Å². The van der Waals surface area contributed by atoms with Crippen LogP contribution in [0.2, 0.25) is 0 Å². The molecule has 1 aliphatic rings. The van der Waals surface area contributed by atoms with Crippen LogP contribution < -0.4 is 14.8 Å². The highest BCUT2D eigenvalue weighted by molar-refractivity contribution is 7.71. The van der Waals surface area contributed by atoms with Crippen molar-refractivity contribution in [3.8, 4) is 22.8 Å². The van der Waals surface area contributed by atoms with Gasteiger partial charge < -0.3 is 24.5 Å². The third kappa shape index (κ3) is 5.22. The van der Waals surface area contributed by atoms with Crippen LogP contribution in [0.4, 0.5) is 5.69 Å². The van der Waals surface area contributed by atoms with Crippen molar-refractivity contribution in [2.45, 2.75) is 0 Å². The van der Waals surface area contributed by atoms with Crippen LogP contribution in [-0.2, 0) is 4.74 Å². The molecule has 0 spiro atoms. The number of aromatic nitrogens is 2. The van der Waals surface area contributed by atoms with Gasteiger partial charge in [-0.15, -0.1) is 0 Å². The molecule has 2 N–H and O–H groups in total. The van der Waals surface area contributed by atoms with Crippen molar-refractivity contribution in [1.82, 2.24) is 14.5 Å². The van der Waals surface area contributed by atoms with Crippen LogP contribution >= 0.6 is 12.2 Å². The largest absolute Gasteiger partial charge is 0.493 e. The number of para-hydroxylation sites is 1. The number of amides is 1. The summed E-state index contributed by atoms with van der Waals surface area (Å²) in [5.74, 6) is 0.789. The van der Waals surface area contributed by atoms with Crippen molar-refractivity contribution in [3.63, 3.8) is 0 Å². The fraction of sp³-hybridized carbons (Fsp3) is 0.280. The number of aromatic amines is 1. The van der Waals surface area contributed by atoms with E-state index in [9.17, 15) is 4.79 Å². The quantitative estimate of drug-likeness (QED) is 0.469. The zero-order chi connectivity index (χ0) is 24.1. The van der Waals surface area contributed by atoms with Crippen molar-refractivity contribution < 1.29 is 19.0 Å². The molecule has 2 aromatic carbocycles. The number of imidazole rings is 1. The maximum atomic E-state index is 13.0. The van der Waals surface area contributed by atoms with Crippen molar-refractivity contribution in [3.05, 3.63) is 65.6 Å². The summed E-state index contributed by atoms with van der Waals surface area (Å²) in [5.41, 5.74) is 3.60. The molecule has 1 saturated heterocycles. The lowest BCUT2D eigenvalue weighted by Gasteiger charge is -2.27. The molecular formula is C25H28N4O4S. The molecular weight excluding hydrogens is 452 g/mol. The number of carbonyl (C=O) groups is 1. The van der Waals surface area contributed by atoms with Crippen LogP contribution in [0.3, 0.4) is 0 Å². The first kappa shape index (κ1) is 23.7. The van der Waals surface area contributed by atoms with Gasteiger partial charge in [0, 0.05) is 42.7 Å². The summed E-state index contributed by atoms with van der Waals surface area (Å²) < 4.78 is 18.4. The predicted octanol–water partition coefficient (Wildman–Crippen LogP) is 4.29. The topological polar surface area (TPSA) is 80.8 Å². The van der Waals surface area contributed by atoms with Crippen LogP contribution in [0.1, 0.15) is 10.4 Å². The Morgan fingerprint density at radius 1 is 1.15 bits per heavy atom. The summed E-state index contributed by atoms with van der Waals surface area (Å²) >= 11 is 5.57. The second-order valence-electron chi connectivity index (χ2n) is 7.87. The Labute approximate surface area is 203 Å². The molecule has 0 aliphatic carbocycles. The van der Waals surface area contributed by atoms with Gasteiger partial charge in [0.05, 0.1) is 38.8 Å². The average molecular weight is 481 g/mol. The minimum absolute atomic E-state index is 0.261. The number of carbonyl (C=O) groups excluding carboxylic acids is 1. The molecule has 1 amide bonds. The zero-order valence-corrected chi connectivity index (χ0v) is 20.1. The second-order valence-corrected chi connectivity index (χ2v) is 8.25. The molecule has 2 heterocycles. The predicted molar refractivity (Wildman–Crippen MR) is 135 cm³/mol. The average Bonchev–Trinajstić information content (AvgIpc) is 3.26. The third-order valence-corrected chi connectivity index (χ3v) is 5.98. The Kier molecular flexibility index (Phi) is 7.46. The van der Waals surface area contributed by atoms with Crippen LogP contribution in [0.5, 0.6) is 11.5 Å². The van der Waals surface area contributed by atoms with E-state index in [2.05, 4.69) is 21.8 Å². The lowest BCUT2D eigenvalue weighted by Crippen LogP contribution is -2.37. The number of benzene rings is 2. The van der Waals surface area contributed by atoms with E-state index >= 15 is 0 Å². The van der Waals surface area contributed by atoms with Crippen LogP contribution in [-0.4, -0.2) is 67.4 Å². The third-order valence-electron chi connectivity index (χ3n) is 5.68. The molecule has 0 radical (unpaired) electrons. The van der Waals surface area contributed by atoms with Gasteiger partial charge in [-0.3, -0.25) is 14.3 Å². The van der Waals surface area contributed by atoms with Crippen LogP contribution in [0.15, 0.2) is 55.2 Å². The molecule has 178 valence electrons. The summed E-state index contributed by atoms with van der Waals surface area (Å²) in [5, 5.41) is 2.99. The molecule has 0 bridgehead atoms. The van der Waals surface area contributed by atoms with Crippen molar-refractivity contribution in [2.24, 2.45) is 0 Å². The van der Waals surface area contributed by atoms with Gasteiger partial charge in [0.25, 0.3) is 5.91 Å². The first-order valence-corrected chi connectivity index (χ1v) is 11.3. The second kappa shape index (κ2) is 10.7. The van der Waals surface area contributed by atoms with Gasteiger partial charge in [0.1, 0.15) is 0 Å². The van der Waals surface area contributed by atoms with E-state index in [4.69, 9.17) is 26.4 Å². The minimum atomic E-state index is -0.261. The van der Waals surface area contributed by atoms with Crippen LogP contribution in [0, 0.1) is 4.77 Å². The molecule has 3 aromatic rings. The summed E-state index contributed by atoms with van der Waals surface area (Å²) in [4.78, 5) is 18.5. The van der Waals surface area contributed by atoms with Gasteiger partial charge in [0.15, 0.2) is 16.3 Å². The molecule has 0 atom stereocenters. The number of hydrogen-bond acceptors (Lipinski definition) is 6. The zero-order valence-electron chi connectivity index (χ0n) is 19.3. The Hall–Kier alpha value is -3.40. The molecule has 1 fully saturated rings. The fourth-order valence-corrected chi connectivity index (χ4v) is 4.15. The Morgan fingerprint density at radius 3 is 2.62 bits per heavy atom. The van der Waals surface area contributed by atoms with Gasteiger partial charge in [-0.1, -0.05) is 24.8 Å². The van der Waals surface area contributed by atoms with E-state index in [0.717, 1.165) is 43.3 Å². The van der Waals surface area contributed by atoms with E-state index < -0.39 is 0 Å². The molecule has 8 nitrogen and oxygen atoms in total. The summed E-state index contributed by atoms with van der Waals surface area (Å²) in [6, 6.07) is 12.6. The molecule has 4 rings (SSSR count). The lowest BCUT2D eigenvalue weighted by molar-refractivity contribution is 0.0439. The van der Waals surface area contributed by atoms with E-state index in [1.54, 1.807) is 25.3 Å². The molecule has 9 heteroatoms. The Balaban J connectivity index is 1.56. The number of H-pyrrole nitrogens is 1. The normalized spacial score (nSPS) is 13.9. The smallest absolute Gasteiger partial charge is 0.255 e. The van der Waals surface area contributed by atoms with Gasteiger partial charge >= 0.3 is 0 Å². The SMILES string of the molecule is C=C(CN1CCOCC1)n1cc(-c2ccccc2NC(=O)c2ccc(OC)c(OC)c2)[nH]c1=S. The summed E-state index contributed by atoms with van der Waals surface area (Å²) in [6.45, 7) is 8.12. The summed E-state index contributed by atoms with van der Waals surface area (Å²) in [7, 11) is 3.09. The Morgan fingerprint density at radius 2 is 1.88 bits per heavy atom. The van der Waals surface area contributed by atoms with Gasteiger partial charge in [0.2, 0.25) is 0 Å². The molecule has 1 aromatic heterocycles. The van der Waals surface area contributed by atoms with Gasteiger partial charge in [-0.2, -0.15) is 0 Å². The Bertz CT molecular complexity index is 1240. The van der Waals surface area contributed by atoms with Gasteiger partial charge in [-0.05, 0) is 36.5 Å². The van der Waals surface area contributed by atoms with E-state index in [1.807, 2.05) is 35.0 Å². The van der Waals surface area contributed by atoms with Crippen LogP contribution in [0.25, 0.3) is 17.0 Å².